The molecule has 200 valence electrons. The number of ether oxygens (including phenoxy) is 1. The number of sulfonamides is 1. The minimum absolute atomic E-state index is 0.0547. The van der Waals surface area contributed by atoms with Gasteiger partial charge in [-0.1, -0.05) is 0 Å². The molecule has 1 saturated heterocycles. The van der Waals surface area contributed by atoms with Crippen LogP contribution in [0.3, 0.4) is 0 Å². The summed E-state index contributed by atoms with van der Waals surface area (Å²) in [6.07, 6.45) is 11.5. The van der Waals surface area contributed by atoms with Crippen LogP contribution < -0.4 is 14.9 Å². The Morgan fingerprint density at radius 3 is 2.53 bits per heavy atom. The highest BCUT2D eigenvalue weighted by molar-refractivity contribution is 7.88. The molecule has 1 aromatic heterocycles. The van der Waals surface area contributed by atoms with Crippen molar-refractivity contribution in [3.63, 3.8) is 0 Å². The van der Waals surface area contributed by atoms with Crippen LogP contribution in [0.4, 0.5) is 5.82 Å². The maximum atomic E-state index is 13.7. The van der Waals surface area contributed by atoms with Gasteiger partial charge >= 0.3 is 0 Å². The lowest BCUT2D eigenvalue weighted by atomic mass is 9.48. The average Bonchev–Trinajstić information content (AvgIpc) is 3.23. The average molecular weight is 522 g/mol. The van der Waals surface area contributed by atoms with Crippen LogP contribution >= 0.6 is 0 Å². The maximum Gasteiger partial charge on any atom is 0.256 e. The van der Waals surface area contributed by atoms with Crippen molar-refractivity contribution in [3.05, 3.63) is 17.8 Å². The summed E-state index contributed by atoms with van der Waals surface area (Å²) in [4.78, 5) is 15.8. The van der Waals surface area contributed by atoms with E-state index in [4.69, 9.17) is 4.74 Å². The standard InChI is InChI=1S/C25H39N5O5S/c1-24(2,28-36(3,33)34)4-5-30-23(29-6-8-35-9-7-29)20(15-26-30)22(32)27-21-18-10-17-11-19(21)14-25(12-17,13-18)16-31/h4-5,15,17-19,21,28,31H,6-14,16H2,1-3H3,(H,27,32)/b5-4+. The second-order valence-electron chi connectivity index (χ2n) is 12.0. The molecule has 10 nitrogen and oxygen atoms in total. The summed E-state index contributed by atoms with van der Waals surface area (Å²) in [5.41, 5.74) is -0.256. The van der Waals surface area contributed by atoms with Crippen LogP contribution in [0, 0.1) is 23.2 Å². The molecule has 11 heteroatoms. The number of carbonyl (C=O) groups excluding carboxylic acids is 1. The zero-order chi connectivity index (χ0) is 25.7. The van der Waals surface area contributed by atoms with Crippen molar-refractivity contribution in [2.24, 2.45) is 23.2 Å². The Balaban J connectivity index is 1.39. The third-order valence-corrected chi connectivity index (χ3v) is 9.34. The topological polar surface area (TPSA) is 126 Å². The van der Waals surface area contributed by atoms with Gasteiger partial charge in [0.2, 0.25) is 10.0 Å². The molecule has 0 aromatic carbocycles. The van der Waals surface area contributed by atoms with E-state index in [9.17, 15) is 18.3 Å². The van der Waals surface area contributed by atoms with Gasteiger partial charge < -0.3 is 20.1 Å². The number of hydrogen-bond donors (Lipinski definition) is 3. The van der Waals surface area contributed by atoms with Gasteiger partial charge in [-0.15, -0.1) is 0 Å². The van der Waals surface area contributed by atoms with Crippen molar-refractivity contribution in [2.75, 3.05) is 44.1 Å². The quantitative estimate of drug-likeness (QED) is 0.473. The monoisotopic (exact) mass is 521 g/mol. The molecule has 1 amide bonds. The zero-order valence-corrected chi connectivity index (χ0v) is 22.3. The van der Waals surface area contributed by atoms with E-state index in [1.807, 2.05) is 0 Å². The number of carbonyl (C=O) groups is 1. The molecular formula is C25H39N5O5S. The minimum atomic E-state index is -3.39. The Kier molecular flexibility index (Phi) is 6.72. The smallest absolute Gasteiger partial charge is 0.256 e. The number of nitrogens with zero attached hydrogens (tertiary/aromatic N) is 3. The lowest BCUT2D eigenvalue weighted by molar-refractivity contribution is -0.0969. The lowest BCUT2D eigenvalue weighted by Crippen LogP contribution is -2.60. The number of rotatable bonds is 8. The van der Waals surface area contributed by atoms with Gasteiger partial charge in [-0.2, -0.15) is 5.10 Å². The first-order valence-corrected chi connectivity index (χ1v) is 14.9. The molecule has 4 bridgehead atoms. The molecule has 4 saturated carbocycles. The number of morpholine rings is 1. The van der Waals surface area contributed by atoms with Gasteiger partial charge in [-0.3, -0.25) is 4.79 Å². The first-order valence-electron chi connectivity index (χ1n) is 13.0. The molecule has 2 unspecified atom stereocenters. The highest BCUT2D eigenvalue weighted by Crippen LogP contribution is 2.59. The third-order valence-electron chi connectivity index (χ3n) is 8.44. The number of aliphatic hydroxyl groups excluding tert-OH is 1. The van der Waals surface area contributed by atoms with E-state index in [1.54, 1.807) is 37.0 Å². The van der Waals surface area contributed by atoms with Crippen molar-refractivity contribution in [1.29, 1.82) is 0 Å². The number of anilines is 1. The third kappa shape index (κ3) is 5.20. The van der Waals surface area contributed by atoms with E-state index in [0.29, 0.717) is 55.4 Å². The molecule has 4 aliphatic carbocycles. The van der Waals surface area contributed by atoms with Crippen LogP contribution in [0.1, 0.15) is 56.3 Å². The van der Waals surface area contributed by atoms with Gasteiger partial charge in [-0.05, 0) is 75.2 Å². The van der Waals surface area contributed by atoms with Gasteiger partial charge in [0, 0.05) is 37.5 Å². The summed E-state index contributed by atoms with van der Waals surface area (Å²) in [5, 5.41) is 17.9. The molecule has 5 fully saturated rings. The Bertz CT molecular complexity index is 1110. The predicted octanol–water partition coefficient (Wildman–Crippen LogP) is 1.44. The van der Waals surface area contributed by atoms with Gasteiger partial charge in [0.25, 0.3) is 5.91 Å². The van der Waals surface area contributed by atoms with Crippen LogP contribution in [0.5, 0.6) is 0 Å². The highest BCUT2D eigenvalue weighted by Gasteiger charge is 2.55. The van der Waals surface area contributed by atoms with E-state index in [1.165, 1.54) is 0 Å². The normalized spacial score (nSPS) is 32.4. The Morgan fingerprint density at radius 2 is 1.92 bits per heavy atom. The van der Waals surface area contributed by atoms with Crippen molar-refractivity contribution in [1.82, 2.24) is 19.8 Å². The molecular weight excluding hydrogens is 482 g/mol. The van der Waals surface area contributed by atoms with Crippen LogP contribution in [0.15, 0.2) is 12.3 Å². The van der Waals surface area contributed by atoms with Crippen molar-refractivity contribution < 1.29 is 23.1 Å². The van der Waals surface area contributed by atoms with E-state index < -0.39 is 15.6 Å². The van der Waals surface area contributed by atoms with E-state index in [2.05, 4.69) is 20.0 Å². The predicted molar refractivity (Wildman–Crippen MR) is 137 cm³/mol. The summed E-state index contributed by atoms with van der Waals surface area (Å²) >= 11 is 0. The van der Waals surface area contributed by atoms with E-state index in [-0.39, 0.29) is 24.0 Å². The Labute approximate surface area is 213 Å². The molecule has 0 radical (unpaired) electrons. The summed E-state index contributed by atoms with van der Waals surface area (Å²) in [5.74, 6) is 2.07. The second-order valence-corrected chi connectivity index (χ2v) is 13.7. The van der Waals surface area contributed by atoms with Gasteiger partial charge in [0.05, 0.1) is 25.7 Å². The summed E-state index contributed by atoms with van der Waals surface area (Å²) in [6.45, 7) is 6.19. The first kappa shape index (κ1) is 25.7. The van der Waals surface area contributed by atoms with Crippen LogP contribution in [-0.2, 0) is 14.8 Å². The molecule has 1 aromatic rings. The highest BCUT2D eigenvalue weighted by atomic mass is 32.2. The van der Waals surface area contributed by atoms with E-state index in [0.717, 1.165) is 38.4 Å². The fraction of sp³-hybridized carbons (Fsp3) is 0.760. The van der Waals surface area contributed by atoms with Gasteiger partial charge in [-0.25, -0.2) is 17.8 Å². The molecule has 0 spiro atoms. The minimum Gasteiger partial charge on any atom is -0.396 e. The zero-order valence-electron chi connectivity index (χ0n) is 21.4. The first-order chi connectivity index (χ1) is 17.0. The van der Waals surface area contributed by atoms with Crippen molar-refractivity contribution in [3.8, 4) is 0 Å². The van der Waals surface area contributed by atoms with Gasteiger partial charge in [0.15, 0.2) is 0 Å². The Hall–Kier alpha value is -1.95. The SMILES string of the molecule is CC(C)(/C=C/n1ncc(C(=O)NC2C3CC4CC2CC(CO)(C4)C3)c1N1CCOCC1)NS(C)(=O)=O. The number of aliphatic hydroxyl groups is 1. The summed E-state index contributed by atoms with van der Waals surface area (Å²) < 4.78 is 33.3. The van der Waals surface area contributed by atoms with Crippen LogP contribution in [0.25, 0.3) is 6.20 Å². The lowest BCUT2D eigenvalue weighted by Gasteiger charge is -2.59. The fourth-order valence-electron chi connectivity index (χ4n) is 7.34. The van der Waals surface area contributed by atoms with Crippen molar-refractivity contribution in [2.45, 2.75) is 57.5 Å². The summed E-state index contributed by atoms with van der Waals surface area (Å²) in [6, 6.07) is 0.128. The fourth-order valence-corrected chi connectivity index (χ4v) is 8.36. The Morgan fingerprint density at radius 1 is 1.25 bits per heavy atom. The molecule has 6 rings (SSSR count). The van der Waals surface area contributed by atoms with Crippen LogP contribution in [0.2, 0.25) is 0 Å². The summed E-state index contributed by atoms with van der Waals surface area (Å²) in [7, 11) is -3.39. The number of hydrogen-bond acceptors (Lipinski definition) is 7. The maximum absolute atomic E-state index is 13.7. The van der Waals surface area contributed by atoms with Gasteiger partial charge in [0.1, 0.15) is 11.4 Å². The molecule has 36 heavy (non-hydrogen) atoms. The molecule has 3 N–H and O–H groups in total. The second kappa shape index (κ2) is 9.41. The van der Waals surface area contributed by atoms with E-state index >= 15 is 0 Å². The van der Waals surface area contributed by atoms with Crippen LogP contribution in [-0.4, -0.2) is 80.0 Å². The molecule has 2 atom stereocenters. The number of nitrogens with one attached hydrogen (secondary N) is 2. The number of amides is 1. The number of aromatic nitrogens is 2. The van der Waals surface area contributed by atoms with Crippen molar-refractivity contribution >= 4 is 27.9 Å². The molecule has 5 aliphatic rings. The molecule has 1 aliphatic heterocycles. The largest absolute Gasteiger partial charge is 0.396 e. The molecule has 2 heterocycles.